The van der Waals surface area contributed by atoms with Crippen molar-refractivity contribution in [3.8, 4) is 0 Å². The van der Waals surface area contributed by atoms with E-state index < -0.39 is 0 Å². The van der Waals surface area contributed by atoms with Gasteiger partial charge in [-0.3, -0.25) is 4.79 Å². The molecular formula is C20H18BrNO2. The number of carbonyl (C=O) groups is 1. The van der Waals surface area contributed by atoms with Gasteiger partial charge in [0.2, 0.25) is 0 Å². The first-order valence-electron chi connectivity index (χ1n) is 7.76. The van der Waals surface area contributed by atoms with E-state index in [1.165, 1.54) is 0 Å². The molecule has 4 heteroatoms. The van der Waals surface area contributed by atoms with Gasteiger partial charge in [-0.05, 0) is 48.9 Å². The molecule has 0 atom stereocenters. The van der Waals surface area contributed by atoms with Crippen LogP contribution in [0.1, 0.15) is 27.4 Å². The van der Waals surface area contributed by atoms with Gasteiger partial charge in [0.25, 0.3) is 5.91 Å². The van der Waals surface area contributed by atoms with Crippen molar-refractivity contribution in [1.82, 2.24) is 4.90 Å². The Morgan fingerprint density at radius 2 is 1.67 bits per heavy atom. The molecule has 3 rings (SSSR count). The minimum atomic E-state index is -0.0135. The maximum atomic E-state index is 12.9. The molecule has 1 amide bonds. The summed E-state index contributed by atoms with van der Waals surface area (Å²) in [5.74, 6) is 1.62. The summed E-state index contributed by atoms with van der Waals surface area (Å²) in [5.41, 5.74) is 1.75. The third-order valence-electron chi connectivity index (χ3n) is 3.74. The highest BCUT2D eigenvalue weighted by molar-refractivity contribution is 9.10. The third kappa shape index (κ3) is 4.15. The number of carbonyl (C=O) groups excluding carboxylic acids is 1. The summed E-state index contributed by atoms with van der Waals surface area (Å²) in [4.78, 5) is 14.7. The lowest BCUT2D eigenvalue weighted by molar-refractivity contribution is 0.0717. The summed E-state index contributed by atoms with van der Waals surface area (Å²) in [6.45, 7) is 2.88. The smallest absolute Gasteiger partial charge is 0.254 e. The van der Waals surface area contributed by atoms with E-state index in [1.807, 2.05) is 73.7 Å². The van der Waals surface area contributed by atoms with Gasteiger partial charge in [-0.2, -0.15) is 0 Å². The quantitative estimate of drug-likeness (QED) is 0.606. The van der Waals surface area contributed by atoms with Gasteiger partial charge in [0.05, 0.1) is 6.54 Å². The fourth-order valence-corrected chi connectivity index (χ4v) is 2.80. The minimum Gasteiger partial charge on any atom is -0.464 e. The van der Waals surface area contributed by atoms with E-state index in [1.54, 1.807) is 4.90 Å². The second-order valence-corrected chi connectivity index (χ2v) is 6.58. The standard InChI is InChI=1S/C20H18BrNO2/c1-15-7-12-19(24-15)14-22(13-16-5-3-2-4-6-16)20(23)17-8-10-18(21)11-9-17/h2-12H,13-14H2,1H3. The lowest BCUT2D eigenvalue weighted by atomic mass is 10.1. The normalized spacial score (nSPS) is 10.6. The Morgan fingerprint density at radius 3 is 2.29 bits per heavy atom. The molecule has 0 bridgehead atoms. The molecule has 0 spiro atoms. The first kappa shape index (κ1) is 16.5. The molecule has 0 saturated carbocycles. The molecule has 3 aromatic rings. The van der Waals surface area contributed by atoms with Crippen LogP contribution >= 0.6 is 15.9 Å². The summed E-state index contributed by atoms with van der Waals surface area (Å²) in [7, 11) is 0. The van der Waals surface area contributed by atoms with Crippen LogP contribution in [0.4, 0.5) is 0 Å². The number of benzene rings is 2. The average Bonchev–Trinajstić information content (AvgIpc) is 3.00. The van der Waals surface area contributed by atoms with E-state index in [-0.39, 0.29) is 5.91 Å². The van der Waals surface area contributed by atoms with Crippen molar-refractivity contribution < 1.29 is 9.21 Å². The monoisotopic (exact) mass is 383 g/mol. The number of amides is 1. The zero-order chi connectivity index (χ0) is 16.9. The zero-order valence-electron chi connectivity index (χ0n) is 13.4. The van der Waals surface area contributed by atoms with Gasteiger partial charge in [-0.1, -0.05) is 46.3 Å². The van der Waals surface area contributed by atoms with Gasteiger partial charge >= 0.3 is 0 Å². The fraction of sp³-hybridized carbons (Fsp3) is 0.150. The first-order valence-corrected chi connectivity index (χ1v) is 8.55. The Hall–Kier alpha value is -2.33. The van der Waals surface area contributed by atoms with Crippen LogP contribution in [-0.4, -0.2) is 10.8 Å². The predicted octanol–water partition coefficient (Wildman–Crippen LogP) is 5.19. The second kappa shape index (κ2) is 7.49. The molecule has 3 nitrogen and oxygen atoms in total. The van der Waals surface area contributed by atoms with Crippen LogP contribution in [0.2, 0.25) is 0 Å². The molecule has 1 heterocycles. The van der Waals surface area contributed by atoms with Crippen LogP contribution in [-0.2, 0) is 13.1 Å². The minimum absolute atomic E-state index is 0.0135. The zero-order valence-corrected chi connectivity index (χ0v) is 15.0. The molecule has 122 valence electrons. The Morgan fingerprint density at radius 1 is 0.958 bits per heavy atom. The number of hydrogen-bond acceptors (Lipinski definition) is 2. The molecule has 0 fully saturated rings. The molecule has 2 aromatic carbocycles. The van der Waals surface area contributed by atoms with E-state index in [0.29, 0.717) is 18.7 Å². The fourth-order valence-electron chi connectivity index (χ4n) is 2.54. The average molecular weight is 384 g/mol. The SMILES string of the molecule is Cc1ccc(CN(Cc2ccccc2)C(=O)c2ccc(Br)cc2)o1. The molecular weight excluding hydrogens is 366 g/mol. The third-order valence-corrected chi connectivity index (χ3v) is 4.27. The van der Waals surface area contributed by atoms with Crippen LogP contribution in [0.3, 0.4) is 0 Å². The Kier molecular flexibility index (Phi) is 5.16. The highest BCUT2D eigenvalue weighted by atomic mass is 79.9. The maximum Gasteiger partial charge on any atom is 0.254 e. The van der Waals surface area contributed by atoms with Crippen molar-refractivity contribution in [3.63, 3.8) is 0 Å². The van der Waals surface area contributed by atoms with E-state index in [4.69, 9.17) is 4.42 Å². The Bertz CT molecular complexity index is 809. The first-order chi connectivity index (χ1) is 11.6. The summed E-state index contributed by atoms with van der Waals surface area (Å²) in [5, 5.41) is 0. The van der Waals surface area contributed by atoms with Crippen molar-refractivity contribution in [2.75, 3.05) is 0 Å². The van der Waals surface area contributed by atoms with Crippen molar-refractivity contribution in [1.29, 1.82) is 0 Å². The van der Waals surface area contributed by atoms with Crippen LogP contribution in [0, 0.1) is 6.92 Å². The van der Waals surface area contributed by atoms with Crippen molar-refractivity contribution in [2.24, 2.45) is 0 Å². The van der Waals surface area contributed by atoms with Crippen molar-refractivity contribution in [2.45, 2.75) is 20.0 Å². The molecule has 1 aromatic heterocycles. The van der Waals surface area contributed by atoms with Crippen molar-refractivity contribution in [3.05, 3.63) is 93.9 Å². The van der Waals surface area contributed by atoms with Crippen LogP contribution in [0.15, 0.2) is 75.6 Å². The largest absolute Gasteiger partial charge is 0.464 e. The van der Waals surface area contributed by atoms with E-state index in [0.717, 1.165) is 21.6 Å². The molecule has 0 aliphatic carbocycles. The van der Waals surface area contributed by atoms with Gasteiger partial charge in [0, 0.05) is 16.6 Å². The van der Waals surface area contributed by atoms with Crippen molar-refractivity contribution >= 4 is 21.8 Å². The molecule has 24 heavy (non-hydrogen) atoms. The van der Waals surface area contributed by atoms with Crippen LogP contribution in [0.25, 0.3) is 0 Å². The van der Waals surface area contributed by atoms with Crippen LogP contribution < -0.4 is 0 Å². The summed E-state index contributed by atoms with van der Waals surface area (Å²) in [6, 6.07) is 21.2. The highest BCUT2D eigenvalue weighted by Crippen LogP contribution is 2.17. The van der Waals surface area contributed by atoms with E-state index in [9.17, 15) is 4.79 Å². The van der Waals surface area contributed by atoms with E-state index in [2.05, 4.69) is 15.9 Å². The van der Waals surface area contributed by atoms with Gasteiger partial charge in [0.1, 0.15) is 11.5 Å². The summed E-state index contributed by atoms with van der Waals surface area (Å²) >= 11 is 3.40. The number of hydrogen-bond donors (Lipinski definition) is 0. The summed E-state index contributed by atoms with van der Waals surface area (Å²) < 4.78 is 6.61. The van der Waals surface area contributed by atoms with Gasteiger partial charge < -0.3 is 9.32 Å². The molecule has 0 aliphatic rings. The number of halogens is 1. The lowest BCUT2D eigenvalue weighted by Gasteiger charge is -2.22. The number of nitrogens with zero attached hydrogens (tertiary/aromatic N) is 1. The van der Waals surface area contributed by atoms with Crippen LogP contribution in [0.5, 0.6) is 0 Å². The van der Waals surface area contributed by atoms with Gasteiger partial charge in [-0.25, -0.2) is 0 Å². The molecule has 0 unspecified atom stereocenters. The second-order valence-electron chi connectivity index (χ2n) is 5.67. The van der Waals surface area contributed by atoms with E-state index >= 15 is 0 Å². The van der Waals surface area contributed by atoms with Gasteiger partial charge in [0.15, 0.2) is 0 Å². The lowest BCUT2D eigenvalue weighted by Crippen LogP contribution is -2.30. The number of rotatable bonds is 5. The maximum absolute atomic E-state index is 12.9. The highest BCUT2D eigenvalue weighted by Gasteiger charge is 2.18. The molecule has 0 saturated heterocycles. The summed E-state index contributed by atoms with van der Waals surface area (Å²) in [6.07, 6.45) is 0. The van der Waals surface area contributed by atoms with Gasteiger partial charge in [-0.15, -0.1) is 0 Å². The molecule has 0 radical (unpaired) electrons. The Balaban J connectivity index is 1.85. The Labute approximate surface area is 150 Å². The topological polar surface area (TPSA) is 33.5 Å². The predicted molar refractivity (Wildman–Crippen MR) is 97.6 cm³/mol. The molecule has 0 N–H and O–H groups in total. The molecule has 0 aliphatic heterocycles. The number of aryl methyl sites for hydroxylation is 1. The number of furan rings is 1.